The molecule has 33 heavy (non-hydrogen) atoms. The summed E-state index contributed by atoms with van der Waals surface area (Å²) in [6.45, 7) is 0.827. The fourth-order valence-corrected chi connectivity index (χ4v) is 3.99. The number of pyridine rings is 1. The molecule has 2 aliphatic rings. The first-order valence-corrected chi connectivity index (χ1v) is 11.2. The summed E-state index contributed by atoms with van der Waals surface area (Å²) in [7, 11) is 0. The topological polar surface area (TPSA) is 89.9 Å². The normalized spacial score (nSPS) is 14.2. The standard InChI is InChI=1S/C25H23ClN2O5/c26-20-8-16(9-22-24(20)33-14-32-22)11-28-25(30)19-10-17(23-18(12-29)2-1-7-27-23)5-6-21(19)31-13-15-3-4-15/h1-2,5-10,15,29H,3-4,11-14H2,(H,28,30). The van der Waals surface area contributed by atoms with E-state index in [0.29, 0.717) is 51.6 Å². The van der Waals surface area contributed by atoms with E-state index in [2.05, 4.69) is 10.3 Å². The molecule has 2 heterocycles. The molecule has 1 aliphatic carbocycles. The van der Waals surface area contributed by atoms with Crippen LogP contribution in [0.5, 0.6) is 17.2 Å². The molecule has 0 radical (unpaired) electrons. The molecular formula is C25H23ClN2O5. The van der Waals surface area contributed by atoms with E-state index in [1.54, 1.807) is 36.5 Å². The van der Waals surface area contributed by atoms with Gasteiger partial charge in [-0.2, -0.15) is 0 Å². The molecule has 0 saturated heterocycles. The predicted octanol–water partition coefficient (Wildman–Crippen LogP) is 4.34. The lowest BCUT2D eigenvalue weighted by Gasteiger charge is -2.14. The van der Waals surface area contributed by atoms with E-state index in [1.807, 2.05) is 12.1 Å². The second kappa shape index (κ2) is 9.29. The van der Waals surface area contributed by atoms with Crippen LogP contribution in [0.4, 0.5) is 0 Å². The van der Waals surface area contributed by atoms with Crippen molar-refractivity contribution in [3.05, 3.63) is 70.4 Å². The monoisotopic (exact) mass is 466 g/mol. The molecule has 0 bridgehead atoms. The van der Waals surface area contributed by atoms with Crippen LogP contribution in [0.1, 0.15) is 34.3 Å². The van der Waals surface area contributed by atoms with Crippen molar-refractivity contribution in [1.82, 2.24) is 10.3 Å². The number of halogens is 1. The summed E-state index contributed by atoms with van der Waals surface area (Å²) in [6.07, 6.45) is 3.96. The number of benzene rings is 2. The molecule has 3 aromatic rings. The Morgan fingerprint density at radius 1 is 1.21 bits per heavy atom. The first kappa shape index (κ1) is 21.6. The van der Waals surface area contributed by atoms with Gasteiger partial charge in [-0.25, -0.2) is 0 Å². The number of carbonyl (C=O) groups excluding carboxylic acids is 1. The van der Waals surface area contributed by atoms with E-state index in [4.69, 9.17) is 25.8 Å². The second-order valence-corrected chi connectivity index (χ2v) is 8.54. The molecule has 7 nitrogen and oxygen atoms in total. The molecule has 2 N–H and O–H groups in total. The minimum Gasteiger partial charge on any atom is -0.492 e. The molecule has 1 amide bonds. The minimum absolute atomic E-state index is 0.128. The lowest BCUT2D eigenvalue weighted by molar-refractivity contribution is 0.0946. The van der Waals surface area contributed by atoms with E-state index in [1.165, 1.54) is 0 Å². The maximum Gasteiger partial charge on any atom is 0.255 e. The lowest BCUT2D eigenvalue weighted by Crippen LogP contribution is -2.23. The van der Waals surface area contributed by atoms with Crippen molar-refractivity contribution in [1.29, 1.82) is 0 Å². The number of rotatable bonds is 8. The minimum atomic E-state index is -0.280. The van der Waals surface area contributed by atoms with Gasteiger partial charge in [0.1, 0.15) is 5.75 Å². The van der Waals surface area contributed by atoms with Crippen LogP contribution in [0.3, 0.4) is 0 Å². The summed E-state index contributed by atoms with van der Waals surface area (Å²) in [5.74, 6) is 1.87. The van der Waals surface area contributed by atoms with Crippen molar-refractivity contribution >= 4 is 17.5 Å². The average molecular weight is 467 g/mol. The third kappa shape index (κ3) is 4.74. The van der Waals surface area contributed by atoms with E-state index in [9.17, 15) is 9.90 Å². The first-order valence-electron chi connectivity index (χ1n) is 10.8. The third-order valence-corrected chi connectivity index (χ3v) is 5.95. The van der Waals surface area contributed by atoms with Crippen LogP contribution in [0.2, 0.25) is 5.02 Å². The SMILES string of the molecule is O=C(NCc1cc(Cl)c2c(c1)OCO2)c1cc(-c2ncccc2CO)ccc1OCC1CC1. The molecule has 8 heteroatoms. The highest BCUT2D eigenvalue weighted by Crippen LogP contribution is 2.40. The number of fused-ring (bicyclic) bond motifs is 1. The van der Waals surface area contributed by atoms with Crippen LogP contribution >= 0.6 is 11.6 Å². The zero-order valence-corrected chi connectivity index (χ0v) is 18.6. The summed E-state index contributed by atoms with van der Waals surface area (Å²) >= 11 is 6.26. The van der Waals surface area contributed by atoms with Gasteiger partial charge >= 0.3 is 0 Å². The Balaban J connectivity index is 1.40. The van der Waals surface area contributed by atoms with Crippen LogP contribution in [-0.2, 0) is 13.2 Å². The number of hydrogen-bond donors (Lipinski definition) is 2. The number of carbonyl (C=O) groups is 1. The van der Waals surface area contributed by atoms with Crippen LogP contribution in [0, 0.1) is 5.92 Å². The molecule has 2 aromatic carbocycles. The molecule has 0 spiro atoms. The number of aliphatic hydroxyl groups excluding tert-OH is 1. The van der Waals surface area contributed by atoms with Gasteiger partial charge in [0.15, 0.2) is 11.5 Å². The van der Waals surface area contributed by atoms with Crippen LogP contribution in [0.15, 0.2) is 48.7 Å². The van der Waals surface area contributed by atoms with Gasteiger partial charge in [-0.05, 0) is 60.7 Å². The highest BCUT2D eigenvalue weighted by Gasteiger charge is 2.24. The van der Waals surface area contributed by atoms with Gasteiger partial charge in [-0.15, -0.1) is 0 Å². The van der Waals surface area contributed by atoms with Crippen molar-refractivity contribution in [2.24, 2.45) is 5.92 Å². The van der Waals surface area contributed by atoms with Crippen molar-refractivity contribution in [3.8, 4) is 28.5 Å². The average Bonchev–Trinajstić information content (AvgIpc) is 3.55. The summed E-state index contributed by atoms with van der Waals surface area (Å²) < 4.78 is 16.7. The largest absolute Gasteiger partial charge is 0.492 e. The summed E-state index contributed by atoms with van der Waals surface area (Å²) in [6, 6.07) is 12.5. The Bertz CT molecular complexity index is 1200. The Hall–Kier alpha value is -3.29. The Morgan fingerprint density at radius 2 is 2.09 bits per heavy atom. The lowest BCUT2D eigenvalue weighted by atomic mass is 10.0. The quantitative estimate of drug-likeness (QED) is 0.513. The highest BCUT2D eigenvalue weighted by atomic mass is 35.5. The molecule has 1 aliphatic heterocycles. The molecule has 5 rings (SSSR count). The molecule has 0 unspecified atom stereocenters. The van der Waals surface area contributed by atoms with Crippen LogP contribution in [-0.4, -0.2) is 29.4 Å². The maximum absolute atomic E-state index is 13.2. The van der Waals surface area contributed by atoms with Gasteiger partial charge in [0.2, 0.25) is 6.79 Å². The van der Waals surface area contributed by atoms with Crippen molar-refractivity contribution in [2.45, 2.75) is 26.0 Å². The van der Waals surface area contributed by atoms with Gasteiger partial charge in [-0.3, -0.25) is 9.78 Å². The third-order valence-electron chi connectivity index (χ3n) is 5.67. The highest BCUT2D eigenvalue weighted by molar-refractivity contribution is 6.32. The smallest absolute Gasteiger partial charge is 0.255 e. The van der Waals surface area contributed by atoms with Crippen LogP contribution < -0.4 is 19.5 Å². The zero-order valence-electron chi connectivity index (χ0n) is 17.8. The van der Waals surface area contributed by atoms with Gasteiger partial charge in [-0.1, -0.05) is 17.7 Å². The fourth-order valence-electron chi connectivity index (χ4n) is 3.70. The number of aromatic nitrogens is 1. The van der Waals surface area contributed by atoms with Crippen LogP contribution in [0.25, 0.3) is 11.3 Å². The molecule has 1 aromatic heterocycles. The van der Waals surface area contributed by atoms with E-state index in [0.717, 1.165) is 24.0 Å². The van der Waals surface area contributed by atoms with Crippen molar-refractivity contribution in [3.63, 3.8) is 0 Å². The number of aliphatic hydroxyl groups is 1. The summed E-state index contributed by atoms with van der Waals surface area (Å²) in [5, 5.41) is 13.1. The van der Waals surface area contributed by atoms with E-state index < -0.39 is 0 Å². The van der Waals surface area contributed by atoms with Gasteiger partial charge in [0.05, 0.1) is 29.5 Å². The predicted molar refractivity (Wildman–Crippen MR) is 123 cm³/mol. The van der Waals surface area contributed by atoms with E-state index in [-0.39, 0.29) is 25.9 Å². The number of nitrogens with zero attached hydrogens (tertiary/aromatic N) is 1. The first-order chi connectivity index (χ1) is 16.1. The summed E-state index contributed by atoms with van der Waals surface area (Å²) in [5.41, 5.74) is 3.25. The molecule has 1 saturated carbocycles. The van der Waals surface area contributed by atoms with Crippen molar-refractivity contribution < 1.29 is 24.1 Å². The van der Waals surface area contributed by atoms with Gasteiger partial charge in [0.25, 0.3) is 5.91 Å². The van der Waals surface area contributed by atoms with Gasteiger partial charge in [0, 0.05) is 23.9 Å². The Kier molecular flexibility index (Phi) is 6.07. The zero-order chi connectivity index (χ0) is 22.8. The summed E-state index contributed by atoms with van der Waals surface area (Å²) in [4.78, 5) is 17.6. The second-order valence-electron chi connectivity index (χ2n) is 8.13. The number of ether oxygens (including phenoxy) is 3. The maximum atomic E-state index is 13.2. The van der Waals surface area contributed by atoms with Crippen molar-refractivity contribution in [2.75, 3.05) is 13.4 Å². The van der Waals surface area contributed by atoms with Gasteiger partial charge < -0.3 is 24.6 Å². The number of amides is 1. The number of hydrogen-bond acceptors (Lipinski definition) is 6. The molecule has 0 atom stereocenters. The molecule has 170 valence electrons. The molecular weight excluding hydrogens is 444 g/mol. The fraction of sp³-hybridized carbons (Fsp3) is 0.280. The Morgan fingerprint density at radius 3 is 2.91 bits per heavy atom. The van der Waals surface area contributed by atoms with E-state index >= 15 is 0 Å². The number of nitrogens with one attached hydrogen (secondary N) is 1. The molecule has 1 fully saturated rings. The Labute approximate surface area is 196 Å².